The Bertz CT molecular complexity index is 776. The Labute approximate surface area is 148 Å². The number of rotatable bonds is 3. The van der Waals surface area contributed by atoms with E-state index in [9.17, 15) is 4.79 Å². The smallest absolute Gasteiger partial charge is 0.259 e. The third-order valence-electron chi connectivity index (χ3n) is 5.23. The van der Waals surface area contributed by atoms with Crippen LogP contribution >= 0.6 is 0 Å². The fourth-order valence-corrected chi connectivity index (χ4v) is 3.97. The second-order valence-electron chi connectivity index (χ2n) is 6.77. The molecule has 2 aromatic heterocycles. The van der Waals surface area contributed by atoms with Gasteiger partial charge in [-0.3, -0.25) is 9.78 Å². The molecule has 4 rings (SSSR count). The van der Waals surface area contributed by atoms with Gasteiger partial charge in [-0.15, -0.1) is 0 Å². The molecule has 1 atom stereocenters. The van der Waals surface area contributed by atoms with Crippen molar-refractivity contribution in [3.8, 4) is 5.88 Å². The maximum absolute atomic E-state index is 13.3. The minimum absolute atomic E-state index is 0.00871. The minimum atomic E-state index is 0.00871. The number of methoxy groups -OCH3 is 1. The van der Waals surface area contributed by atoms with Crippen molar-refractivity contribution in [3.63, 3.8) is 0 Å². The average molecular weight is 337 g/mol. The molecule has 0 radical (unpaired) electrons. The number of pyridine rings is 2. The molecule has 0 bridgehead atoms. The lowest BCUT2D eigenvalue weighted by molar-refractivity contribution is 0.0601. The van der Waals surface area contributed by atoms with Crippen LogP contribution in [0, 0.1) is 0 Å². The van der Waals surface area contributed by atoms with Gasteiger partial charge in [0.05, 0.1) is 18.8 Å². The van der Waals surface area contributed by atoms with Crippen molar-refractivity contribution in [2.75, 3.05) is 13.7 Å². The predicted molar refractivity (Wildman–Crippen MR) is 94.7 cm³/mol. The number of nitrogens with zero attached hydrogens (tertiary/aromatic N) is 3. The molecule has 0 saturated carbocycles. The summed E-state index contributed by atoms with van der Waals surface area (Å²) < 4.78 is 5.45. The van der Waals surface area contributed by atoms with Gasteiger partial charge in [0, 0.05) is 18.4 Å². The van der Waals surface area contributed by atoms with Crippen LogP contribution in [0.5, 0.6) is 5.88 Å². The van der Waals surface area contributed by atoms with E-state index in [1.807, 2.05) is 29.2 Å². The second-order valence-corrected chi connectivity index (χ2v) is 6.77. The number of aromatic nitrogens is 2. The lowest BCUT2D eigenvalue weighted by atomic mass is 9.97. The molecule has 2 aliphatic rings. The van der Waals surface area contributed by atoms with Crippen molar-refractivity contribution in [1.82, 2.24) is 14.9 Å². The van der Waals surface area contributed by atoms with Crippen LogP contribution < -0.4 is 4.74 Å². The Balaban J connectivity index is 1.69. The summed E-state index contributed by atoms with van der Waals surface area (Å²) in [7, 11) is 1.59. The lowest BCUT2D eigenvalue weighted by Crippen LogP contribution is -2.39. The summed E-state index contributed by atoms with van der Waals surface area (Å²) in [6.07, 6.45) is 7.95. The summed E-state index contributed by atoms with van der Waals surface area (Å²) in [5, 5.41) is 0. The number of hydrogen-bond donors (Lipinski definition) is 0. The molecule has 1 aliphatic heterocycles. The van der Waals surface area contributed by atoms with Crippen molar-refractivity contribution in [2.45, 2.75) is 44.6 Å². The fourth-order valence-electron chi connectivity index (χ4n) is 3.97. The normalized spacial score (nSPS) is 19.6. The van der Waals surface area contributed by atoms with Gasteiger partial charge in [0.25, 0.3) is 5.91 Å². The first kappa shape index (κ1) is 16.1. The van der Waals surface area contributed by atoms with Gasteiger partial charge in [0.2, 0.25) is 5.88 Å². The van der Waals surface area contributed by atoms with Crippen LogP contribution in [-0.2, 0) is 12.8 Å². The van der Waals surface area contributed by atoms with Gasteiger partial charge < -0.3 is 9.64 Å². The number of likely N-dealkylation sites (tertiary alicyclic amines) is 1. The summed E-state index contributed by atoms with van der Waals surface area (Å²) in [4.78, 5) is 24.4. The van der Waals surface area contributed by atoms with Gasteiger partial charge in [0.1, 0.15) is 5.56 Å². The van der Waals surface area contributed by atoms with Crippen LogP contribution in [0.15, 0.2) is 30.5 Å². The van der Waals surface area contributed by atoms with Gasteiger partial charge in [0.15, 0.2) is 0 Å². The van der Waals surface area contributed by atoms with Crippen molar-refractivity contribution in [3.05, 3.63) is 53.0 Å². The Kier molecular flexibility index (Phi) is 4.38. The summed E-state index contributed by atoms with van der Waals surface area (Å²) in [5.41, 5.74) is 3.82. The second kappa shape index (κ2) is 6.82. The number of piperidine rings is 1. The zero-order valence-corrected chi connectivity index (χ0v) is 14.6. The number of fused-ring (bicyclic) bond motifs is 1. The number of carbonyl (C=O) groups excluding carboxylic acids is 1. The van der Waals surface area contributed by atoms with Crippen molar-refractivity contribution >= 4 is 5.91 Å². The molecule has 0 N–H and O–H groups in total. The monoisotopic (exact) mass is 337 g/mol. The number of carbonyl (C=O) groups is 1. The topological polar surface area (TPSA) is 55.3 Å². The average Bonchev–Trinajstić information content (AvgIpc) is 3.14. The molecule has 2 aromatic rings. The van der Waals surface area contributed by atoms with Crippen LogP contribution in [0.1, 0.15) is 59.0 Å². The molecular weight excluding hydrogens is 314 g/mol. The van der Waals surface area contributed by atoms with Crippen LogP contribution in [0.2, 0.25) is 0 Å². The zero-order chi connectivity index (χ0) is 17.2. The third-order valence-corrected chi connectivity index (χ3v) is 5.23. The van der Waals surface area contributed by atoms with E-state index >= 15 is 0 Å². The van der Waals surface area contributed by atoms with E-state index in [0.717, 1.165) is 56.5 Å². The van der Waals surface area contributed by atoms with Gasteiger partial charge in [-0.25, -0.2) is 4.98 Å². The van der Waals surface area contributed by atoms with Gasteiger partial charge in [-0.2, -0.15) is 0 Å². The molecule has 1 saturated heterocycles. The van der Waals surface area contributed by atoms with Crippen LogP contribution in [0.25, 0.3) is 0 Å². The molecule has 3 heterocycles. The predicted octanol–water partition coefficient (Wildman–Crippen LogP) is 3.34. The van der Waals surface area contributed by atoms with Crippen molar-refractivity contribution < 1.29 is 9.53 Å². The SMILES string of the molecule is COc1nc2c(cc1C(=O)N1CCCCC1c1ccccn1)CCC2. The fraction of sp³-hybridized carbons (Fsp3) is 0.450. The highest BCUT2D eigenvalue weighted by Gasteiger charge is 2.32. The Morgan fingerprint density at radius 2 is 2.16 bits per heavy atom. The largest absolute Gasteiger partial charge is 0.480 e. The number of hydrogen-bond acceptors (Lipinski definition) is 4. The van der Waals surface area contributed by atoms with Gasteiger partial charge >= 0.3 is 0 Å². The highest BCUT2D eigenvalue weighted by molar-refractivity contribution is 5.97. The highest BCUT2D eigenvalue weighted by Crippen LogP contribution is 2.34. The maximum atomic E-state index is 13.3. The molecule has 5 heteroatoms. The summed E-state index contributed by atoms with van der Waals surface area (Å²) in [5.74, 6) is 0.463. The van der Waals surface area contributed by atoms with E-state index in [4.69, 9.17) is 4.74 Å². The molecule has 130 valence electrons. The standard InChI is InChI=1S/C20H23N3O2/c1-25-19-15(13-14-7-6-9-16(14)22-19)20(24)23-12-5-3-10-18(23)17-8-2-4-11-21-17/h2,4,8,11,13,18H,3,5-7,9-10,12H2,1H3. The molecule has 0 spiro atoms. The van der Waals surface area contributed by atoms with Crippen LogP contribution in [0.3, 0.4) is 0 Å². The Morgan fingerprint density at radius 1 is 1.24 bits per heavy atom. The van der Waals surface area contributed by atoms with Gasteiger partial charge in [-0.05, 0) is 62.3 Å². The zero-order valence-electron chi connectivity index (χ0n) is 14.6. The van der Waals surface area contributed by atoms with E-state index in [2.05, 4.69) is 9.97 Å². The van der Waals surface area contributed by atoms with E-state index in [1.165, 1.54) is 5.56 Å². The first-order chi connectivity index (χ1) is 12.3. The Hall–Kier alpha value is -2.43. The molecule has 1 unspecified atom stereocenters. The number of ether oxygens (including phenoxy) is 1. The Morgan fingerprint density at radius 3 is 2.96 bits per heavy atom. The van der Waals surface area contributed by atoms with E-state index in [-0.39, 0.29) is 11.9 Å². The lowest BCUT2D eigenvalue weighted by Gasteiger charge is -2.35. The maximum Gasteiger partial charge on any atom is 0.259 e. The number of amides is 1. The highest BCUT2D eigenvalue weighted by atomic mass is 16.5. The number of aryl methyl sites for hydroxylation is 2. The quantitative estimate of drug-likeness (QED) is 0.862. The summed E-state index contributed by atoms with van der Waals surface area (Å²) in [6, 6.07) is 7.93. The first-order valence-electron chi connectivity index (χ1n) is 9.06. The van der Waals surface area contributed by atoms with Gasteiger partial charge in [-0.1, -0.05) is 6.07 Å². The molecule has 5 nitrogen and oxygen atoms in total. The molecular formula is C20H23N3O2. The third kappa shape index (κ3) is 2.99. The van der Waals surface area contributed by atoms with Crippen LogP contribution in [-0.4, -0.2) is 34.4 Å². The molecule has 1 fully saturated rings. The summed E-state index contributed by atoms with van der Waals surface area (Å²) >= 11 is 0. The van der Waals surface area contributed by atoms with Crippen molar-refractivity contribution in [2.24, 2.45) is 0 Å². The molecule has 25 heavy (non-hydrogen) atoms. The summed E-state index contributed by atoms with van der Waals surface area (Å²) in [6.45, 7) is 0.750. The van der Waals surface area contributed by atoms with E-state index in [0.29, 0.717) is 11.4 Å². The molecule has 1 amide bonds. The molecule has 0 aromatic carbocycles. The van der Waals surface area contributed by atoms with E-state index in [1.54, 1.807) is 13.3 Å². The van der Waals surface area contributed by atoms with Crippen molar-refractivity contribution in [1.29, 1.82) is 0 Å². The minimum Gasteiger partial charge on any atom is -0.480 e. The first-order valence-corrected chi connectivity index (χ1v) is 9.06. The van der Waals surface area contributed by atoms with E-state index < -0.39 is 0 Å². The molecule has 1 aliphatic carbocycles. The van der Waals surface area contributed by atoms with Crippen LogP contribution in [0.4, 0.5) is 0 Å².